The highest BCUT2D eigenvalue weighted by Gasteiger charge is 2.27. The van der Waals surface area contributed by atoms with E-state index in [1.54, 1.807) is 6.08 Å². The lowest BCUT2D eigenvalue weighted by atomic mass is 10.0. The number of hydrogen-bond acceptors (Lipinski definition) is 5. The number of phosphoric ester groups is 1. The molecule has 0 saturated heterocycles. The smallest absolute Gasteiger partial charge is 0.387 e. The molecule has 388 valence electrons. The number of nitrogens with one attached hydrogen (secondary N) is 1. The third-order valence-corrected chi connectivity index (χ3v) is 14.2. The number of rotatable bonds is 53. The van der Waals surface area contributed by atoms with E-state index >= 15 is 0 Å². The summed E-state index contributed by atoms with van der Waals surface area (Å²) in [6.07, 6.45) is 58.8. The van der Waals surface area contributed by atoms with Gasteiger partial charge in [0.2, 0.25) is 5.91 Å². The lowest BCUT2D eigenvalue weighted by Gasteiger charge is -2.25. The van der Waals surface area contributed by atoms with Gasteiger partial charge < -0.3 is 19.8 Å². The largest absolute Gasteiger partial charge is 0.472 e. The number of likely N-dealkylation sites (N-methyl/N-ethyl adjacent to an activating group) is 1. The fraction of sp³-hybridized carbons (Fsp3) is 0.946. The molecule has 3 unspecified atom stereocenters. The molecule has 0 aromatic carbocycles. The maximum absolute atomic E-state index is 13.0. The quantitative estimate of drug-likeness (QED) is 0.0243. The van der Waals surface area contributed by atoms with Crippen LogP contribution in [0.2, 0.25) is 0 Å². The number of carbonyl (C=O) groups is 1. The summed E-state index contributed by atoms with van der Waals surface area (Å²) in [6, 6.07) is -0.842. The van der Waals surface area contributed by atoms with Gasteiger partial charge in [-0.05, 0) is 19.3 Å². The Labute approximate surface area is 405 Å². The lowest BCUT2D eigenvalue weighted by Crippen LogP contribution is -2.45. The summed E-state index contributed by atoms with van der Waals surface area (Å²) in [7, 11) is 1.59. The third kappa shape index (κ3) is 50.9. The van der Waals surface area contributed by atoms with Crippen LogP contribution in [-0.2, 0) is 18.4 Å². The Balaban J connectivity index is 4.17. The Hall–Kier alpha value is -0.760. The second-order valence-electron chi connectivity index (χ2n) is 21.0. The molecule has 3 N–H and O–H groups in total. The van der Waals surface area contributed by atoms with Gasteiger partial charge in [0, 0.05) is 6.42 Å². The van der Waals surface area contributed by atoms with E-state index in [0.717, 1.165) is 32.1 Å². The zero-order chi connectivity index (χ0) is 47.8. The Kier molecular flexibility index (Phi) is 47.7. The van der Waals surface area contributed by atoms with Crippen molar-refractivity contribution in [3.05, 3.63) is 12.2 Å². The van der Waals surface area contributed by atoms with Crippen molar-refractivity contribution in [3.63, 3.8) is 0 Å². The van der Waals surface area contributed by atoms with Crippen molar-refractivity contribution in [1.82, 2.24) is 5.32 Å². The molecule has 1 amide bonds. The van der Waals surface area contributed by atoms with E-state index in [0.29, 0.717) is 17.4 Å². The number of amides is 1. The Morgan fingerprint density at radius 3 is 1.14 bits per heavy atom. The van der Waals surface area contributed by atoms with E-state index in [1.165, 1.54) is 238 Å². The standard InChI is InChI=1S/C56H113N2O6P/c1-6-8-10-12-14-16-18-20-22-24-26-27-28-29-30-32-34-36-38-40-42-44-46-48-50-56(60)57-54(53-64-65(61,62)63-52-51-58(3,4)5)55(59)49-47-45-43-41-39-37-35-33-31-25-23-21-19-17-15-13-11-9-7-2/h47,49,54-55,59H,6-46,48,50-53H2,1-5H3,(H-,57,60,61,62)/p+1/b49-47+. The van der Waals surface area contributed by atoms with E-state index < -0.39 is 20.0 Å². The van der Waals surface area contributed by atoms with Crippen LogP contribution in [0.5, 0.6) is 0 Å². The lowest BCUT2D eigenvalue weighted by molar-refractivity contribution is -0.870. The molecule has 0 aliphatic rings. The minimum atomic E-state index is -4.34. The number of unbranched alkanes of at least 4 members (excludes halogenated alkanes) is 40. The zero-order valence-electron chi connectivity index (χ0n) is 44.3. The molecule has 0 spiro atoms. The summed E-state index contributed by atoms with van der Waals surface area (Å²) < 4.78 is 23.7. The molecule has 0 radical (unpaired) electrons. The van der Waals surface area contributed by atoms with E-state index in [1.807, 2.05) is 27.2 Å². The van der Waals surface area contributed by atoms with Crippen molar-refractivity contribution < 1.29 is 32.9 Å². The summed E-state index contributed by atoms with van der Waals surface area (Å²) >= 11 is 0. The first kappa shape index (κ1) is 64.2. The number of phosphoric acid groups is 1. The molecule has 65 heavy (non-hydrogen) atoms. The molecular formula is C56H114N2O6P+. The normalized spacial score (nSPS) is 14.0. The molecular weight excluding hydrogens is 828 g/mol. The van der Waals surface area contributed by atoms with Crippen LogP contribution in [0.4, 0.5) is 0 Å². The second kappa shape index (κ2) is 48.3. The van der Waals surface area contributed by atoms with Gasteiger partial charge in [-0.15, -0.1) is 0 Å². The minimum absolute atomic E-state index is 0.0652. The molecule has 0 rings (SSSR count). The number of nitrogens with zero attached hydrogens (tertiary/aromatic N) is 1. The summed E-state index contributed by atoms with van der Waals surface area (Å²) in [5.74, 6) is -0.170. The highest BCUT2D eigenvalue weighted by Crippen LogP contribution is 2.43. The first-order chi connectivity index (χ1) is 31.5. The van der Waals surface area contributed by atoms with Crippen LogP contribution in [0.15, 0.2) is 12.2 Å². The predicted molar refractivity (Wildman–Crippen MR) is 282 cm³/mol. The molecule has 0 saturated carbocycles. The van der Waals surface area contributed by atoms with Gasteiger partial charge >= 0.3 is 7.82 Å². The second-order valence-corrected chi connectivity index (χ2v) is 22.5. The van der Waals surface area contributed by atoms with Gasteiger partial charge in [0.05, 0.1) is 39.9 Å². The minimum Gasteiger partial charge on any atom is -0.387 e. The predicted octanol–water partition coefficient (Wildman–Crippen LogP) is 17.0. The fourth-order valence-electron chi connectivity index (χ4n) is 8.75. The first-order valence-electron chi connectivity index (χ1n) is 28.6. The summed E-state index contributed by atoms with van der Waals surface area (Å²) in [5.41, 5.74) is 0. The molecule has 8 nitrogen and oxygen atoms in total. The summed E-state index contributed by atoms with van der Waals surface area (Å²) in [5, 5.41) is 13.9. The molecule has 0 bridgehead atoms. The van der Waals surface area contributed by atoms with Gasteiger partial charge in [-0.2, -0.15) is 0 Å². The van der Waals surface area contributed by atoms with Gasteiger partial charge in [0.15, 0.2) is 0 Å². The highest BCUT2D eigenvalue weighted by atomic mass is 31.2. The van der Waals surface area contributed by atoms with Gasteiger partial charge in [0.1, 0.15) is 13.2 Å². The van der Waals surface area contributed by atoms with E-state index in [2.05, 4.69) is 19.2 Å². The van der Waals surface area contributed by atoms with Crippen LogP contribution in [0.3, 0.4) is 0 Å². The monoisotopic (exact) mass is 942 g/mol. The van der Waals surface area contributed by atoms with Crippen molar-refractivity contribution in [2.45, 2.75) is 302 Å². The van der Waals surface area contributed by atoms with E-state index in [9.17, 15) is 19.4 Å². The molecule has 0 heterocycles. The Morgan fingerprint density at radius 2 is 0.815 bits per heavy atom. The van der Waals surface area contributed by atoms with Crippen LogP contribution in [0, 0.1) is 0 Å². The van der Waals surface area contributed by atoms with Crippen LogP contribution in [0.25, 0.3) is 0 Å². The first-order valence-corrected chi connectivity index (χ1v) is 30.1. The Bertz CT molecular complexity index is 1070. The molecule has 0 aromatic heterocycles. The number of quaternary nitrogens is 1. The number of aliphatic hydroxyl groups is 1. The number of carbonyl (C=O) groups excluding carboxylic acids is 1. The number of allylic oxidation sites excluding steroid dienone is 1. The number of hydrogen-bond donors (Lipinski definition) is 3. The van der Waals surface area contributed by atoms with Gasteiger partial charge in [-0.3, -0.25) is 13.8 Å². The highest BCUT2D eigenvalue weighted by molar-refractivity contribution is 7.47. The van der Waals surface area contributed by atoms with Crippen molar-refractivity contribution >= 4 is 13.7 Å². The van der Waals surface area contributed by atoms with Crippen LogP contribution in [-0.4, -0.2) is 73.4 Å². The van der Waals surface area contributed by atoms with Gasteiger partial charge in [0.25, 0.3) is 0 Å². The molecule has 0 aromatic rings. The van der Waals surface area contributed by atoms with Crippen LogP contribution < -0.4 is 5.32 Å². The number of aliphatic hydroxyl groups excluding tert-OH is 1. The van der Waals surface area contributed by atoms with E-state index in [-0.39, 0.29) is 19.1 Å². The van der Waals surface area contributed by atoms with Gasteiger partial charge in [-0.1, -0.05) is 276 Å². The summed E-state index contributed by atoms with van der Waals surface area (Å²) in [4.78, 5) is 23.3. The molecule has 0 aliphatic heterocycles. The van der Waals surface area contributed by atoms with Crippen LogP contribution in [0.1, 0.15) is 290 Å². The molecule has 0 aliphatic carbocycles. The molecule has 9 heteroatoms. The molecule has 0 fully saturated rings. The Morgan fingerprint density at radius 1 is 0.508 bits per heavy atom. The topological polar surface area (TPSA) is 105 Å². The average Bonchev–Trinajstić information content (AvgIpc) is 3.26. The summed E-state index contributed by atoms with van der Waals surface area (Å²) in [6.45, 7) is 4.87. The van der Waals surface area contributed by atoms with Crippen molar-refractivity contribution in [2.75, 3.05) is 40.9 Å². The SMILES string of the molecule is CCCCCCCCCCCCCCCCCCC/C=C/C(O)C(COP(=O)(O)OCC[N+](C)(C)C)NC(=O)CCCCCCCCCCCCCCCCCCCCCCCCCC. The van der Waals surface area contributed by atoms with E-state index in [4.69, 9.17) is 9.05 Å². The van der Waals surface area contributed by atoms with Crippen molar-refractivity contribution in [2.24, 2.45) is 0 Å². The maximum Gasteiger partial charge on any atom is 0.472 e. The van der Waals surface area contributed by atoms with Crippen molar-refractivity contribution in [3.8, 4) is 0 Å². The van der Waals surface area contributed by atoms with Crippen LogP contribution >= 0.6 is 7.82 Å². The fourth-order valence-corrected chi connectivity index (χ4v) is 9.49. The third-order valence-electron chi connectivity index (χ3n) is 13.3. The maximum atomic E-state index is 13.0. The average molecular weight is 943 g/mol. The van der Waals surface area contributed by atoms with Gasteiger partial charge in [-0.25, -0.2) is 4.57 Å². The molecule has 3 atom stereocenters. The zero-order valence-corrected chi connectivity index (χ0v) is 45.2. The van der Waals surface area contributed by atoms with Crippen molar-refractivity contribution in [1.29, 1.82) is 0 Å².